The number of aliphatic hydroxyl groups is 2. The van der Waals surface area contributed by atoms with Gasteiger partial charge < -0.3 is 24.6 Å². The smallest absolute Gasteiger partial charge is 0.297 e. The van der Waals surface area contributed by atoms with E-state index < -0.39 is 17.4 Å². The van der Waals surface area contributed by atoms with E-state index in [-0.39, 0.29) is 30.4 Å². The van der Waals surface area contributed by atoms with E-state index in [0.29, 0.717) is 41.3 Å². The molecule has 3 atom stereocenters. The SMILES string of the molecule is COc1ccc2c(c1)[C@](O)([C@@H](C)/C=C/CCn1cc(C(CO)c3ccccc3)nn1)C(=O)N2Cc1ccc(-n2cccc(OC)c2=O)cc1. The number of aliphatic hydroxyl groups excluding tert-OH is 1. The van der Waals surface area contributed by atoms with Crippen molar-refractivity contribution in [2.24, 2.45) is 5.92 Å². The van der Waals surface area contributed by atoms with Gasteiger partial charge in [-0.25, -0.2) is 0 Å². The molecule has 0 bridgehead atoms. The summed E-state index contributed by atoms with van der Waals surface area (Å²) in [7, 11) is 3.00. The van der Waals surface area contributed by atoms with E-state index in [9.17, 15) is 19.8 Å². The molecule has 11 nitrogen and oxygen atoms in total. The third-order valence-corrected chi connectivity index (χ3v) is 9.07. The first-order valence-electron chi connectivity index (χ1n) is 16.1. The topological polar surface area (TPSA) is 132 Å². The number of pyridine rings is 1. The van der Waals surface area contributed by atoms with Crippen molar-refractivity contribution in [1.29, 1.82) is 0 Å². The fourth-order valence-corrected chi connectivity index (χ4v) is 6.27. The summed E-state index contributed by atoms with van der Waals surface area (Å²) in [5.41, 5.74) is 2.13. The molecule has 5 aromatic rings. The molecular weight excluding hydrogens is 622 g/mol. The summed E-state index contributed by atoms with van der Waals surface area (Å²) >= 11 is 0. The van der Waals surface area contributed by atoms with Crippen LogP contribution in [0.3, 0.4) is 0 Å². The van der Waals surface area contributed by atoms with Gasteiger partial charge in [-0.2, -0.15) is 0 Å². The summed E-state index contributed by atoms with van der Waals surface area (Å²) in [4.78, 5) is 28.4. The number of rotatable bonds is 13. The molecule has 252 valence electrons. The van der Waals surface area contributed by atoms with Crippen LogP contribution in [0.15, 0.2) is 114 Å². The van der Waals surface area contributed by atoms with Crippen molar-refractivity contribution in [1.82, 2.24) is 19.6 Å². The van der Waals surface area contributed by atoms with Crippen molar-refractivity contribution in [3.05, 3.63) is 142 Å². The fourth-order valence-electron chi connectivity index (χ4n) is 6.27. The van der Waals surface area contributed by atoms with Crippen molar-refractivity contribution in [3.63, 3.8) is 0 Å². The number of allylic oxidation sites excluding steroid dienone is 1. The highest BCUT2D eigenvalue weighted by Crippen LogP contribution is 2.47. The molecule has 11 heteroatoms. The van der Waals surface area contributed by atoms with Crippen LogP contribution in [-0.4, -0.2) is 56.5 Å². The summed E-state index contributed by atoms with van der Waals surface area (Å²) < 4.78 is 13.8. The van der Waals surface area contributed by atoms with Crippen LogP contribution in [0.1, 0.15) is 41.6 Å². The first-order chi connectivity index (χ1) is 23.8. The molecule has 6 rings (SSSR count). The summed E-state index contributed by atoms with van der Waals surface area (Å²) in [5, 5.41) is 30.6. The van der Waals surface area contributed by atoms with Crippen LogP contribution in [0, 0.1) is 5.92 Å². The molecule has 1 unspecified atom stereocenters. The summed E-state index contributed by atoms with van der Waals surface area (Å²) in [6.07, 6.45) is 7.87. The van der Waals surface area contributed by atoms with Crippen LogP contribution in [-0.2, 0) is 23.5 Å². The zero-order valence-electron chi connectivity index (χ0n) is 27.6. The second-order valence-corrected chi connectivity index (χ2v) is 12.0. The molecule has 0 radical (unpaired) electrons. The van der Waals surface area contributed by atoms with Crippen molar-refractivity contribution in [2.75, 3.05) is 25.7 Å². The molecule has 2 N–H and O–H groups in total. The van der Waals surface area contributed by atoms with E-state index >= 15 is 0 Å². The predicted octanol–water partition coefficient (Wildman–Crippen LogP) is 4.59. The average molecular weight is 662 g/mol. The van der Waals surface area contributed by atoms with Crippen LogP contribution in [0.5, 0.6) is 11.5 Å². The number of fused-ring (bicyclic) bond motifs is 1. The van der Waals surface area contributed by atoms with Gasteiger partial charge in [-0.3, -0.25) is 18.8 Å². The lowest BCUT2D eigenvalue weighted by molar-refractivity contribution is -0.139. The molecule has 2 aromatic heterocycles. The number of carbonyl (C=O) groups excluding carboxylic acids is 1. The maximum absolute atomic E-state index is 14.1. The Balaban J connectivity index is 1.17. The fraction of sp³-hybridized carbons (Fsp3) is 0.263. The van der Waals surface area contributed by atoms with Crippen LogP contribution < -0.4 is 19.9 Å². The molecule has 1 aliphatic heterocycles. The largest absolute Gasteiger partial charge is 0.497 e. The maximum atomic E-state index is 14.1. The number of aromatic nitrogens is 4. The Morgan fingerprint density at radius 2 is 1.73 bits per heavy atom. The van der Waals surface area contributed by atoms with Gasteiger partial charge in [0.25, 0.3) is 11.5 Å². The highest BCUT2D eigenvalue weighted by atomic mass is 16.5. The predicted molar refractivity (Wildman–Crippen MR) is 185 cm³/mol. The number of nitrogens with zero attached hydrogens (tertiary/aromatic N) is 5. The minimum Gasteiger partial charge on any atom is -0.497 e. The Morgan fingerprint density at radius 1 is 0.959 bits per heavy atom. The highest BCUT2D eigenvalue weighted by molar-refractivity contribution is 6.07. The summed E-state index contributed by atoms with van der Waals surface area (Å²) in [5.74, 6) is -0.483. The van der Waals surface area contributed by atoms with Gasteiger partial charge in [0.05, 0.1) is 44.7 Å². The van der Waals surface area contributed by atoms with Crippen LogP contribution >= 0.6 is 0 Å². The molecule has 0 spiro atoms. The number of amides is 1. The van der Waals surface area contributed by atoms with Crippen molar-refractivity contribution < 1.29 is 24.5 Å². The molecule has 0 fully saturated rings. The molecule has 49 heavy (non-hydrogen) atoms. The Morgan fingerprint density at radius 3 is 2.45 bits per heavy atom. The van der Waals surface area contributed by atoms with Crippen molar-refractivity contribution >= 4 is 11.6 Å². The van der Waals surface area contributed by atoms with Crippen LogP contribution in [0.4, 0.5) is 5.69 Å². The number of methoxy groups -OCH3 is 2. The lowest BCUT2D eigenvalue weighted by Gasteiger charge is -2.28. The Labute approximate surface area is 284 Å². The Hall–Kier alpha value is -5.52. The van der Waals surface area contributed by atoms with E-state index in [0.717, 1.165) is 11.1 Å². The van der Waals surface area contributed by atoms with Gasteiger partial charge in [-0.1, -0.05) is 66.8 Å². The first-order valence-corrected chi connectivity index (χ1v) is 16.1. The molecular formula is C38H39N5O6. The minimum atomic E-state index is -1.82. The second-order valence-electron chi connectivity index (χ2n) is 12.0. The molecule has 0 saturated carbocycles. The number of hydrogen-bond acceptors (Lipinski definition) is 8. The first kappa shape index (κ1) is 33.4. The second kappa shape index (κ2) is 14.3. The Kier molecular flexibility index (Phi) is 9.75. The third kappa shape index (κ3) is 6.50. The third-order valence-electron chi connectivity index (χ3n) is 9.07. The number of hydrogen-bond donors (Lipinski definition) is 2. The van der Waals surface area contributed by atoms with Gasteiger partial charge in [0, 0.05) is 36.1 Å². The number of anilines is 1. The van der Waals surface area contributed by atoms with Crippen LogP contribution in [0.25, 0.3) is 5.69 Å². The van der Waals surface area contributed by atoms with Crippen molar-refractivity contribution in [2.45, 2.75) is 38.0 Å². The van der Waals surface area contributed by atoms with E-state index in [4.69, 9.17) is 9.47 Å². The summed E-state index contributed by atoms with van der Waals surface area (Å²) in [6.45, 7) is 2.49. The van der Waals surface area contributed by atoms with E-state index in [1.165, 1.54) is 11.7 Å². The lowest BCUT2D eigenvalue weighted by atomic mass is 9.83. The van der Waals surface area contributed by atoms with E-state index in [1.54, 1.807) is 53.2 Å². The molecule has 1 amide bonds. The quantitative estimate of drug-likeness (QED) is 0.175. The molecule has 3 heterocycles. The van der Waals surface area contributed by atoms with Crippen molar-refractivity contribution in [3.8, 4) is 17.2 Å². The number of carbonyl (C=O) groups is 1. The lowest BCUT2D eigenvalue weighted by Crippen LogP contribution is -2.44. The van der Waals surface area contributed by atoms with Gasteiger partial charge in [0.2, 0.25) is 0 Å². The standard InChI is InChI=1S/C38H39N5O6/c1-26(10-7-8-20-41-24-33(39-40-41)31(25-44)28-11-5-4-6-12-28)38(47)32-22-30(48-2)18-19-34(32)43(37(38)46)23-27-14-16-29(17-15-27)42-21-9-13-35(49-3)36(42)45/h4-7,9-19,21-22,24,26,31,44,47H,8,20,23,25H2,1-3H3/b10-7+/t26-,31?,38+/m0/s1. The number of ether oxygens (including phenoxy) is 2. The van der Waals surface area contributed by atoms with Gasteiger partial charge in [-0.15, -0.1) is 5.10 Å². The monoisotopic (exact) mass is 661 g/mol. The number of benzene rings is 3. The molecule has 0 aliphatic carbocycles. The van der Waals surface area contributed by atoms with E-state index in [2.05, 4.69) is 10.3 Å². The average Bonchev–Trinajstić information content (AvgIpc) is 3.68. The van der Waals surface area contributed by atoms with E-state index in [1.807, 2.05) is 79.9 Å². The van der Waals surface area contributed by atoms with Gasteiger partial charge >= 0.3 is 0 Å². The summed E-state index contributed by atoms with van der Waals surface area (Å²) in [6, 6.07) is 25.7. The van der Waals surface area contributed by atoms with Gasteiger partial charge in [0.15, 0.2) is 11.4 Å². The molecule has 0 saturated heterocycles. The minimum absolute atomic E-state index is 0.0774. The maximum Gasteiger partial charge on any atom is 0.297 e. The number of aryl methyl sites for hydroxylation is 1. The molecule has 3 aromatic carbocycles. The normalized spacial score (nSPS) is 16.9. The Bertz CT molecular complexity index is 2010. The van der Waals surface area contributed by atoms with Crippen LogP contribution in [0.2, 0.25) is 0 Å². The highest BCUT2D eigenvalue weighted by Gasteiger charge is 2.52. The zero-order chi connectivity index (χ0) is 34.5. The molecule has 1 aliphatic rings. The zero-order valence-corrected chi connectivity index (χ0v) is 27.6. The van der Waals surface area contributed by atoms with Gasteiger partial charge in [-0.05, 0) is 60.0 Å². The van der Waals surface area contributed by atoms with Gasteiger partial charge in [0.1, 0.15) is 5.75 Å².